The number of amides is 1. The van der Waals surface area contributed by atoms with Crippen LogP contribution < -0.4 is 0 Å². The number of piperazine rings is 1. The summed E-state index contributed by atoms with van der Waals surface area (Å²) < 4.78 is 5.04. The highest BCUT2D eigenvalue weighted by Crippen LogP contribution is 2.25. The van der Waals surface area contributed by atoms with Crippen LogP contribution in [-0.2, 0) is 11.3 Å². The minimum Gasteiger partial charge on any atom is -0.391 e. The van der Waals surface area contributed by atoms with E-state index in [2.05, 4.69) is 9.88 Å². The van der Waals surface area contributed by atoms with Crippen molar-refractivity contribution < 1.29 is 14.6 Å². The lowest BCUT2D eigenvalue weighted by Gasteiger charge is -2.38. The fourth-order valence-corrected chi connectivity index (χ4v) is 4.10. The molecule has 22 heavy (non-hydrogen) atoms. The van der Waals surface area contributed by atoms with Crippen LogP contribution in [0, 0.1) is 0 Å². The first-order valence-corrected chi connectivity index (χ1v) is 8.71. The standard InChI is InChI=1S/C15H23N3O3S/c1-21-9-14-16-11(10-22-14)15(20)18-7-5-17(6-8-18)12-3-2-4-13(12)19/h10,12-13,19H,2-9H2,1H3/t12-,13-/m1/s1. The molecule has 3 rings (SSSR count). The van der Waals surface area contributed by atoms with Gasteiger partial charge in [-0.15, -0.1) is 11.3 Å². The van der Waals surface area contributed by atoms with Gasteiger partial charge in [0, 0.05) is 44.7 Å². The minimum absolute atomic E-state index is 0.00484. The van der Waals surface area contributed by atoms with Crippen LogP contribution in [0.4, 0.5) is 0 Å². The third-order valence-electron chi connectivity index (χ3n) is 4.55. The number of thiazole rings is 1. The molecule has 1 aromatic rings. The van der Waals surface area contributed by atoms with Crippen molar-refractivity contribution in [1.82, 2.24) is 14.8 Å². The van der Waals surface area contributed by atoms with Crippen molar-refractivity contribution in [2.24, 2.45) is 0 Å². The zero-order valence-corrected chi connectivity index (χ0v) is 13.7. The van der Waals surface area contributed by atoms with Gasteiger partial charge in [-0.1, -0.05) is 0 Å². The number of hydrogen-bond donors (Lipinski definition) is 1. The van der Waals surface area contributed by atoms with Crippen molar-refractivity contribution in [3.8, 4) is 0 Å². The number of carbonyl (C=O) groups excluding carboxylic acids is 1. The molecular weight excluding hydrogens is 302 g/mol. The molecule has 2 atom stereocenters. The minimum atomic E-state index is -0.197. The fourth-order valence-electron chi connectivity index (χ4n) is 3.36. The van der Waals surface area contributed by atoms with Crippen LogP contribution in [0.25, 0.3) is 0 Å². The monoisotopic (exact) mass is 325 g/mol. The Morgan fingerprint density at radius 2 is 2.18 bits per heavy atom. The zero-order valence-electron chi connectivity index (χ0n) is 12.9. The Balaban J connectivity index is 1.55. The van der Waals surface area contributed by atoms with Crippen LogP contribution in [0.1, 0.15) is 34.8 Å². The predicted octanol–water partition coefficient (Wildman–Crippen LogP) is 0.961. The van der Waals surface area contributed by atoms with Gasteiger partial charge in [0.15, 0.2) is 0 Å². The molecule has 1 saturated carbocycles. The molecule has 1 aromatic heterocycles. The summed E-state index contributed by atoms with van der Waals surface area (Å²) >= 11 is 1.46. The number of ether oxygens (including phenoxy) is 1. The highest BCUT2D eigenvalue weighted by Gasteiger charge is 2.33. The van der Waals surface area contributed by atoms with Crippen molar-refractivity contribution in [3.05, 3.63) is 16.1 Å². The number of rotatable bonds is 4. The highest BCUT2D eigenvalue weighted by atomic mass is 32.1. The average molecular weight is 325 g/mol. The first-order valence-electron chi connectivity index (χ1n) is 7.84. The van der Waals surface area contributed by atoms with E-state index in [0.717, 1.165) is 37.4 Å². The number of hydrogen-bond acceptors (Lipinski definition) is 6. The molecule has 0 radical (unpaired) electrons. The second-order valence-electron chi connectivity index (χ2n) is 5.95. The highest BCUT2D eigenvalue weighted by molar-refractivity contribution is 7.09. The van der Waals surface area contributed by atoms with Gasteiger partial charge in [0.25, 0.3) is 5.91 Å². The molecule has 6 nitrogen and oxygen atoms in total. The maximum absolute atomic E-state index is 12.5. The lowest BCUT2D eigenvalue weighted by atomic mass is 10.1. The maximum atomic E-state index is 12.5. The molecule has 2 heterocycles. The third kappa shape index (κ3) is 3.32. The van der Waals surface area contributed by atoms with Crippen LogP contribution >= 0.6 is 11.3 Å². The van der Waals surface area contributed by atoms with Gasteiger partial charge in [0.2, 0.25) is 0 Å². The largest absolute Gasteiger partial charge is 0.391 e. The molecule has 0 unspecified atom stereocenters. The van der Waals surface area contributed by atoms with Crippen molar-refractivity contribution in [2.75, 3.05) is 33.3 Å². The van der Waals surface area contributed by atoms with Gasteiger partial charge in [0.05, 0.1) is 12.7 Å². The number of aliphatic hydroxyl groups excluding tert-OH is 1. The van der Waals surface area contributed by atoms with Crippen LogP contribution in [-0.4, -0.2) is 71.2 Å². The summed E-state index contributed by atoms with van der Waals surface area (Å²) in [6, 6.07) is 0.282. The van der Waals surface area contributed by atoms with Crippen molar-refractivity contribution >= 4 is 17.2 Å². The summed E-state index contributed by atoms with van der Waals surface area (Å²) in [5.41, 5.74) is 0.520. The molecule has 7 heteroatoms. The Labute approximate surface area is 134 Å². The summed E-state index contributed by atoms with van der Waals surface area (Å²) in [5, 5.41) is 12.6. The van der Waals surface area contributed by atoms with E-state index in [9.17, 15) is 9.90 Å². The predicted molar refractivity (Wildman–Crippen MR) is 83.9 cm³/mol. The smallest absolute Gasteiger partial charge is 0.273 e. The number of aromatic nitrogens is 1. The molecule has 0 spiro atoms. The van der Waals surface area contributed by atoms with E-state index >= 15 is 0 Å². The zero-order chi connectivity index (χ0) is 15.5. The van der Waals surface area contributed by atoms with Gasteiger partial charge in [-0.3, -0.25) is 9.69 Å². The molecule has 1 N–H and O–H groups in total. The summed E-state index contributed by atoms with van der Waals surface area (Å²) in [4.78, 5) is 21.0. The molecule has 1 aliphatic heterocycles. The lowest BCUT2D eigenvalue weighted by molar-refractivity contribution is 0.0313. The van der Waals surface area contributed by atoms with Gasteiger partial charge in [-0.05, 0) is 19.3 Å². The second-order valence-corrected chi connectivity index (χ2v) is 6.90. The first-order chi connectivity index (χ1) is 10.7. The summed E-state index contributed by atoms with van der Waals surface area (Å²) in [6.07, 6.45) is 2.89. The van der Waals surface area contributed by atoms with E-state index in [1.807, 2.05) is 10.3 Å². The molecule has 0 aromatic carbocycles. The number of nitrogens with zero attached hydrogens (tertiary/aromatic N) is 3. The quantitative estimate of drug-likeness (QED) is 0.893. The van der Waals surface area contributed by atoms with Gasteiger partial charge in [0.1, 0.15) is 10.7 Å². The summed E-state index contributed by atoms with van der Waals surface area (Å²) in [6.45, 7) is 3.54. The van der Waals surface area contributed by atoms with Crippen LogP contribution in [0.5, 0.6) is 0 Å². The normalized spacial score (nSPS) is 26.5. The van der Waals surface area contributed by atoms with Gasteiger partial charge >= 0.3 is 0 Å². The number of carbonyl (C=O) groups is 1. The van der Waals surface area contributed by atoms with E-state index in [1.165, 1.54) is 11.3 Å². The topological polar surface area (TPSA) is 65.9 Å². The van der Waals surface area contributed by atoms with Crippen molar-refractivity contribution in [1.29, 1.82) is 0 Å². The van der Waals surface area contributed by atoms with Crippen LogP contribution in [0.2, 0.25) is 0 Å². The number of aliphatic hydroxyl groups is 1. The first kappa shape index (κ1) is 15.9. The van der Waals surface area contributed by atoms with Crippen LogP contribution in [0.3, 0.4) is 0 Å². The van der Waals surface area contributed by atoms with E-state index < -0.39 is 0 Å². The molecule has 1 amide bonds. The second kappa shape index (κ2) is 7.04. The fraction of sp³-hybridized carbons (Fsp3) is 0.733. The Hall–Kier alpha value is -1.02. The molecule has 2 aliphatic rings. The SMILES string of the molecule is COCc1nc(C(=O)N2CCN([C@@H]3CCC[C@H]3O)CC2)cs1. The van der Waals surface area contributed by atoms with Gasteiger partial charge < -0.3 is 14.7 Å². The Morgan fingerprint density at radius 1 is 1.41 bits per heavy atom. The molecule has 122 valence electrons. The van der Waals surface area contributed by atoms with E-state index in [0.29, 0.717) is 25.4 Å². The van der Waals surface area contributed by atoms with Crippen molar-refractivity contribution in [3.63, 3.8) is 0 Å². The van der Waals surface area contributed by atoms with Crippen molar-refractivity contribution in [2.45, 2.75) is 38.0 Å². The average Bonchev–Trinajstić information content (AvgIpc) is 3.16. The van der Waals surface area contributed by atoms with Gasteiger partial charge in [-0.2, -0.15) is 0 Å². The van der Waals surface area contributed by atoms with Gasteiger partial charge in [-0.25, -0.2) is 4.98 Å². The lowest BCUT2D eigenvalue weighted by Crippen LogP contribution is -2.53. The summed E-state index contributed by atoms with van der Waals surface area (Å²) in [5.74, 6) is 0.00484. The Kier molecular flexibility index (Phi) is 5.07. The maximum Gasteiger partial charge on any atom is 0.273 e. The molecule has 2 fully saturated rings. The van der Waals surface area contributed by atoms with E-state index in [-0.39, 0.29) is 18.1 Å². The van der Waals surface area contributed by atoms with Crippen LogP contribution in [0.15, 0.2) is 5.38 Å². The Morgan fingerprint density at radius 3 is 2.82 bits per heavy atom. The number of methoxy groups -OCH3 is 1. The van der Waals surface area contributed by atoms with E-state index in [1.54, 1.807) is 7.11 Å². The van der Waals surface area contributed by atoms with E-state index in [4.69, 9.17) is 4.74 Å². The molecule has 0 bridgehead atoms. The third-order valence-corrected chi connectivity index (χ3v) is 5.38. The molecule has 1 saturated heterocycles. The molecular formula is C15H23N3O3S. The summed E-state index contributed by atoms with van der Waals surface area (Å²) in [7, 11) is 1.62. The Bertz CT molecular complexity index is 514. The molecule has 1 aliphatic carbocycles.